The Morgan fingerprint density at radius 1 is 1.15 bits per heavy atom. The van der Waals surface area contributed by atoms with Crippen molar-refractivity contribution in [1.82, 2.24) is 14.8 Å². The number of carbonyl (C=O) groups excluding carboxylic acids is 1. The lowest BCUT2D eigenvalue weighted by atomic mass is 9.81. The smallest absolute Gasteiger partial charge is 0.256 e. The van der Waals surface area contributed by atoms with Crippen molar-refractivity contribution in [2.75, 3.05) is 20.6 Å². The summed E-state index contributed by atoms with van der Waals surface area (Å²) in [6.45, 7) is 6.13. The second kappa shape index (κ2) is 9.16. The van der Waals surface area contributed by atoms with Gasteiger partial charge in [0.25, 0.3) is 17.3 Å². The van der Waals surface area contributed by atoms with Crippen LogP contribution in [0.15, 0.2) is 21.5 Å². The quantitative estimate of drug-likeness (QED) is 0.532. The Labute approximate surface area is 227 Å². The molecule has 1 unspecified atom stereocenters. The summed E-state index contributed by atoms with van der Waals surface area (Å²) in [6, 6.07) is 4.67. The number of ether oxygens (including phenoxy) is 2. The van der Waals surface area contributed by atoms with Crippen LogP contribution in [-0.2, 0) is 13.0 Å². The van der Waals surface area contributed by atoms with E-state index in [4.69, 9.17) is 13.9 Å². The number of rotatable bonds is 4. The number of fused-ring (bicyclic) bond motifs is 3. The van der Waals surface area contributed by atoms with Crippen LogP contribution >= 0.6 is 0 Å². The SMILES string of the molecule is Cc1c2c(c(C#N)c3c1C(=O)N(Cc1c(=O)[nH]c(C)c4ccoc14)CC3)OC(C)(C1CCC(N(C)C)CC1)O2. The molecule has 204 valence electrons. The molecule has 1 aromatic carbocycles. The summed E-state index contributed by atoms with van der Waals surface area (Å²) in [5.41, 5.74) is 3.59. The first kappa shape index (κ1) is 25.5. The van der Waals surface area contributed by atoms with Crippen LogP contribution in [0.2, 0.25) is 0 Å². The molecule has 3 aliphatic rings. The van der Waals surface area contributed by atoms with Gasteiger partial charge in [0.2, 0.25) is 0 Å². The Kier molecular flexibility index (Phi) is 5.99. The topological polar surface area (TPSA) is 112 Å². The van der Waals surface area contributed by atoms with Crippen molar-refractivity contribution in [3.05, 3.63) is 56.2 Å². The molecule has 1 atom stereocenters. The summed E-state index contributed by atoms with van der Waals surface area (Å²) in [6.07, 6.45) is 6.09. The van der Waals surface area contributed by atoms with E-state index in [1.54, 1.807) is 11.2 Å². The number of aromatic nitrogens is 1. The molecule has 39 heavy (non-hydrogen) atoms. The van der Waals surface area contributed by atoms with Gasteiger partial charge in [0.05, 0.1) is 23.9 Å². The van der Waals surface area contributed by atoms with Gasteiger partial charge in [-0.25, -0.2) is 0 Å². The minimum Gasteiger partial charge on any atom is -0.464 e. The number of amides is 1. The Balaban J connectivity index is 1.33. The summed E-state index contributed by atoms with van der Waals surface area (Å²) in [5.74, 6) is 0.0125. The van der Waals surface area contributed by atoms with Crippen LogP contribution in [0, 0.1) is 31.1 Å². The predicted octanol–water partition coefficient (Wildman–Crippen LogP) is 4.42. The number of nitrogens with one attached hydrogen (secondary N) is 1. The number of aromatic amines is 1. The van der Waals surface area contributed by atoms with E-state index < -0.39 is 5.79 Å². The van der Waals surface area contributed by atoms with E-state index in [1.807, 2.05) is 26.8 Å². The second-order valence-corrected chi connectivity index (χ2v) is 11.5. The molecule has 3 aromatic rings. The van der Waals surface area contributed by atoms with Gasteiger partial charge in [-0.2, -0.15) is 5.26 Å². The van der Waals surface area contributed by atoms with Crippen molar-refractivity contribution < 1.29 is 18.7 Å². The highest BCUT2D eigenvalue weighted by atomic mass is 16.7. The molecule has 1 amide bonds. The zero-order valence-electron chi connectivity index (χ0n) is 23.1. The molecule has 4 heterocycles. The molecule has 1 saturated carbocycles. The lowest BCUT2D eigenvalue weighted by Gasteiger charge is -2.39. The third-order valence-corrected chi connectivity index (χ3v) is 9.04. The molecule has 6 rings (SSSR count). The molecule has 1 fully saturated rings. The van der Waals surface area contributed by atoms with E-state index in [0.717, 1.165) is 36.8 Å². The number of pyridine rings is 1. The number of nitriles is 1. The largest absolute Gasteiger partial charge is 0.464 e. The molecular formula is C30H34N4O5. The van der Waals surface area contributed by atoms with Crippen LogP contribution in [0.25, 0.3) is 11.0 Å². The van der Waals surface area contributed by atoms with Crippen LogP contribution in [0.3, 0.4) is 0 Å². The van der Waals surface area contributed by atoms with Crippen LogP contribution < -0.4 is 15.0 Å². The van der Waals surface area contributed by atoms with Crippen LogP contribution in [0.4, 0.5) is 0 Å². The normalized spacial score (nSPS) is 24.3. The molecule has 0 bridgehead atoms. The van der Waals surface area contributed by atoms with Gasteiger partial charge in [-0.1, -0.05) is 0 Å². The van der Waals surface area contributed by atoms with Crippen molar-refractivity contribution in [1.29, 1.82) is 5.26 Å². The molecule has 0 radical (unpaired) electrons. The lowest BCUT2D eigenvalue weighted by molar-refractivity contribution is -0.123. The average Bonchev–Trinajstić information content (AvgIpc) is 3.54. The van der Waals surface area contributed by atoms with Gasteiger partial charge >= 0.3 is 0 Å². The van der Waals surface area contributed by atoms with Crippen molar-refractivity contribution in [2.45, 2.75) is 71.2 Å². The zero-order valence-corrected chi connectivity index (χ0v) is 23.1. The first-order valence-corrected chi connectivity index (χ1v) is 13.6. The van der Waals surface area contributed by atoms with E-state index in [-0.39, 0.29) is 23.9 Å². The lowest BCUT2D eigenvalue weighted by Crippen LogP contribution is -2.46. The van der Waals surface area contributed by atoms with Crippen LogP contribution in [-0.4, -0.2) is 53.2 Å². The monoisotopic (exact) mass is 530 g/mol. The number of carbonyl (C=O) groups is 1. The van der Waals surface area contributed by atoms with Crippen molar-refractivity contribution in [3.8, 4) is 17.6 Å². The Morgan fingerprint density at radius 3 is 2.56 bits per heavy atom. The molecular weight excluding hydrogens is 496 g/mol. The van der Waals surface area contributed by atoms with E-state index in [1.165, 1.54) is 0 Å². The van der Waals surface area contributed by atoms with Crippen molar-refractivity contribution >= 4 is 16.9 Å². The maximum atomic E-state index is 13.9. The maximum Gasteiger partial charge on any atom is 0.256 e. The van der Waals surface area contributed by atoms with E-state index in [0.29, 0.717) is 63.9 Å². The Hall–Kier alpha value is -3.77. The van der Waals surface area contributed by atoms with Gasteiger partial charge in [0, 0.05) is 42.1 Å². The number of aryl methyl sites for hydroxylation is 1. The average molecular weight is 531 g/mol. The minimum absolute atomic E-state index is 0.112. The number of furan rings is 1. The third-order valence-electron chi connectivity index (χ3n) is 9.04. The number of H-pyrrole nitrogens is 1. The molecule has 1 aliphatic carbocycles. The first-order valence-electron chi connectivity index (χ1n) is 13.6. The molecule has 0 saturated heterocycles. The third kappa shape index (κ3) is 3.92. The minimum atomic E-state index is -0.886. The number of hydrogen-bond acceptors (Lipinski definition) is 7. The highest BCUT2D eigenvalue weighted by Gasteiger charge is 2.49. The van der Waals surface area contributed by atoms with E-state index in [9.17, 15) is 14.9 Å². The van der Waals surface area contributed by atoms with Gasteiger partial charge in [-0.15, -0.1) is 0 Å². The van der Waals surface area contributed by atoms with E-state index in [2.05, 4.69) is 30.0 Å². The van der Waals surface area contributed by atoms with Crippen LogP contribution in [0.5, 0.6) is 11.5 Å². The van der Waals surface area contributed by atoms with Gasteiger partial charge in [-0.05, 0) is 71.7 Å². The molecule has 9 heteroatoms. The van der Waals surface area contributed by atoms with E-state index >= 15 is 0 Å². The standard InChI is InChI=1S/C30H34N4O5/c1-16-24-21(10-12-34(29(24)36)15-23-26-20(11-13-37-26)17(2)32-28(23)35)22(14-31)27-25(16)38-30(3,39-27)18-6-8-19(9-7-18)33(4)5/h11,13,18-19H,6-10,12,15H2,1-5H3,(H,32,35). The van der Waals surface area contributed by atoms with Gasteiger partial charge in [0.1, 0.15) is 17.2 Å². The second-order valence-electron chi connectivity index (χ2n) is 11.5. The van der Waals surface area contributed by atoms with Gasteiger partial charge in [0.15, 0.2) is 11.5 Å². The summed E-state index contributed by atoms with van der Waals surface area (Å²) in [5, 5.41) is 11.0. The highest BCUT2D eigenvalue weighted by molar-refractivity contribution is 6.00. The van der Waals surface area contributed by atoms with Crippen molar-refractivity contribution in [2.24, 2.45) is 5.92 Å². The first-order chi connectivity index (χ1) is 18.6. The molecule has 0 spiro atoms. The number of nitrogens with zero attached hydrogens (tertiary/aromatic N) is 3. The highest BCUT2D eigenvalue weighted by Crippen LogP contribution is 2.52. The number of benzene rings is 1. The van der Waals surface area contributed by atoms with Crippen molar-refractivity contribution in [3.63, 3.8) is 0 Å². The van der Waals surface area contributed by atoms with Gasteiger partial charge in [-0.3, -0.25) is 9.59 Å². The predicted molar refractivity (Wildman–Crippen MR) is 145 cm³/mol. The van der Waals surface area contributed by atoms with Gasteiger partial charge < -0.3 is 28.7 Å². The molecule has 2 aliphatic heterocycles. The fourth-order valence-corrected chi connectivity index (χ4v) is 6.72. The Bertz CT molecular complexity index is 1590. The fourth-order valence-electron chi connectivity index (χ4n) is 6.72. The van der Waals surface area contributed by atoms with Crippen LogP contribution in [0.1, 0.15) is 70.9 Å². The number of hydrogen-bond donors (Lipinski definition) is 1. The summed E-state index contributed by atoms with van der Waals surface area (Å²) in [7, 11) is 4.23. The molecule has 1 N–H and O–H groups in total. The zero-order chi connectivity index (χ0) is 27.6. The Morgan fingerprint density at radius 2 is 1.87 bits per heavy atom. The fraction of sp³-hybridized carbons (Fsp3) is 0.500. The molecule has 2 aromatic heterocycles. The molecule has 9 nitrogen and oxygen atoms in total. The maximum absolute atomic E-state index is 13.9. The summed E-state index contributed by atoms with van der Waals surface area (Å²) < 4.78 is 18.6. The summed E-state index contributed by atoms with van der Waals surface area (Å²) in [4.78, 5) is 33.5. The summed E-state index contributed by atoms with van der Waals surface area (Å²) >= 11 is 0.